The molecule has 0 aliphatic carbocycles. The van der Waals surface area contributed by atoms with Crippen LogP contribution in [0, 0.1) is 13.8 Å². The number of ether oxygens (including phenoxy) is 2. The molecule has 1 aliphatic rings. The van der Waals surface area contributed by atoms with E-state index in [-0.39, 0.29) is 24.8 Å². The SMILES string of the molecule is CCC(=O)N(Cc1ccc2c(c1)OCO2)Cc1cc2cc(C)cc(C)c2[nH]c1=O. The van der Waals surface area contributed by atoms with Crippen LogP contribution in [0.1, 0.15) is 35.6 Å². The predicted molar refractivity (Wildman–Crippen MR) is 111 cm³/mol. The van der Waals surface area contributed by atoms with Crippen molar-refractivity contribution in [2.45, 2.75) is 40.3 Å². The van der Waals surface area contributed by atoms with Gasteiger partial charge < -0.3 is 19.4 Å². The predicted octanol–water partition coefficient (Wildman–Crippen LogP) is 3.81. The van der Waals surface area contributed by atoms with Gasteiger partial charge in [-0.15, -0.1) is 0 Å². The third-order valence-corrected chi connectivity index (χ3v) is 5.20. The van der Waals surface area contributed by atoms with Gasteiger partial charge in [-0.1, -0.05) is 24.6 Å². The van der Waals surface area contributed by atoms with Crippen LogP contribution in [-0.4, -0.2) is 22.6 Å². The van der Waals surface area contributed by atoms with E-state index in [1.165, 1.54) is 0 Å². The first-order valence-corrected chi connectivity index (χ1v) is 9.74. The maximum atomic E-state index is 12.7. The second-order valence-electron chi connectivity index (χ2n) is 7.46. The van der Waals surface area contributed by atoms with E-state index in [1.807, 2.05) is 57.2 Å². The van der Waals surface area contributed by atoms with Crippen molar-refractivity contribution >= 4 is 16.8 Å². The van der Waals surface area contributed by atoms with Crippen molar-refractivity contribution in [2.75, 3.05) is 6.79 Å². The van der Waals surface area contributed by atoms with Crippen LogP contribution in [0.4, 0.5) is 0 Å². The molecule has 0 atom stereocenters. The standard InChI is InChI=1S/C23H24N2O4/c1-4-21(26)25(11-16-5-6-19-20(9-16)29-13-28-19)12-18-10-17-8-14(2)7-15(3)22(17)24-23(18)27/h5-10H,4,11-13H2,1-3H3,(H,24,27). The number of amides is 1. The number of aromatic amines is 1. The lowest BCUT2D eigenvalue weighted by molar-refractivity contribution is -0.132. The Hall–Kier alpha value is -3.28. The zero-order valence-electron chi connectivity index (χ0n) is 16.9. The fourth-order valence-electron chi connectivity index (χ4n) is 3.77. The molecular formula is C23H24N2O4. The number of fused-ring (bicyclic) bond motifs is 2. The van der Waals surface area contributed by atoms with Crippen LogP contribution in [0.25, 0.3) is 10.9 Å². The smallest absolute Gasteiger partial charge is 0.253 e. The summed E-state index contributed by atoms with van der Waals surface area (Å²) in [6.07, 6.45) is 0.369. The molecule has 1 amide bonds. The first-order valence-electron chi connectivity index (χ1n) is 9.74. The summed E-state index contributed by atoms with van der Waals surface area (Å²) >= 11 is 0. The fourth-order valence-corrected chi connectivity index (χ4v) is 3.77. The van der Waals surface area contributed by atoms with Crippen LogP contribution in [0.5, 0.6) is 11.5 Å². The van der Waals surface area contributed by atoms with Gasteiger partial charge in [-0.05, 0) is 54.6 Å². The van der Waals surface area contributed by atoms with Crippen LogP contribution in [0.3, 0.4) is 0 Å². The number of carbonyl (C=O) groups is 1. The molecule has 0 unspecified atom stereocenters. The number of hydrogen-bond acceptors (Lipinski definition) is 4. The Morgan fingerprint density at radius 3 is 2.66 bits per heavy atom. The van der Waals surface area contributed by atoms with E-state index in [1.54, 1.807) is 4.90 Å². The molecule has 0 saturated heterocycles. The molecule has 2 aromatic carbocycles. The highest BCUT2D eigenvalue weighted by Crippen LogP contribution is 2.33. The van der Waals surface area contributed by atoms with Crippen LogP contribution in [0.2, 0.25) is 0 Å². The molecule has 0 radical (unpaired) electrons. The summed E-state index contributed by atoms with van der Waals surface area (Å²) in [5, 5.41) is 0.976. The molecule has 0 saturated carbocycles. The highest BCUT2D eigenvalue weighted by atomic mass is 16.7. The molecule has 0 spiro atoms. The average Bonchev–Trinajstić information content (AvgIpc) is 3.16. The van der Waals surface area contributed by atoms with Crippen LogP contribution >= 0.6 is 0 Å². The van der Waals surface area contributed by atoms with Crippen LogP contribution < -0.4 is 15.0 Å². The molecule has 150 valence electrons. The topological polar surface area (TPSA) is 71.6 Å². The number of nitrogens with zero attached hydrogens (tertiary/aromatic N) is 1. The quantitative estimate of drug-likeness (QED) is 0.717. The van der Waals surface area contributed by atoms with Gasteiger partial charge in [0.25, 0.3) is 5.56 Å². The molecule has 1 aromatic heterocycles. The minimum Gasteiger partial charge on any atom is -0.454 e. The van der Waals surface area contributed by atoms with Gasteiger partial charge >= 0.3 is 0 Å². The normalized spacial score (nSPS) is 12.4. The third kappa shape index (κ3) is 3.83. The van der Waals surface area contributed by atoms with E-state index < -0.39 is 0 Å². The molecule has 0 bridgehead atoms. The Bertz CT molecular complexity index is 1150. The minimum atomic E-state index is -0.163. The number of nitrogens with one attached hydrogen (secondary N) is 1. The van der Waals surface area contributed by atoms with E-state index in [4.69, 9.17) is 9.47 Å². The summed E-state index contributed by atoms with van der Waals surface area (Å²) in [6.45, 7) is 6.70. The molecule has 6 heteroatoms. The second-order valence-corrected chi connectivity index (χ2v) is 7.46. The summed E-state index contributed by atoms with van der Waals surface area (Å²) in [5.41, 5.74) is 4.35. The lowest BCUT2D eigenvalue weighted by Gasteiger charge is -2.22. The maximum absolute atomic E-state index is 12.7. The zero-order valence-corrected chi connectivity index (χ0v) is 16.9. The lowest BCUT2D eigenvalue weighted by Crippen LogP contribution is -2.32. The van der Waals surface area contributed by atoms with E-state index in [2.05, 4.69) is 4.98 Å². The number of aromatic nitrogens is 1. The first-order chi connectivity index (χ1) is 13.9. The monoisotopic (exact) mass is 392 g/mol. The average molecular weight is 392 g/mol. The Morgan fingerprint density at radius 2 is 1.86 bits per heavy atom. The summed E-state index contributed by atoms with van der Waals surface area (Å²) in [4.78, 5) is 30.0. The summed E-state index contributed by atoms with van der Waals surface area (Å²) in [7, 11) is 0. The Kier molecular flexibility index (Phi) is 5.01. The summed E-state index contributed by atoms with van der Waals surface area (Å²) in [6, 6.07) is 11.6. The van der Waals surface area contributed by atoms with Gasteiger partial charge in [-0.25, -0.2) is 0 Å². The number of aryl methyl sites for hydroxylation is 2. The van der Waals surface area contributed by atoms with Gasteiger partial charge in [0.15, 0.2) is 11.5 Å². The van der Waals surface area contributed by atoms with Gasteiger partial charge in [-0.3, -0.25) is 9.59 Å². The first kappa shape index (κ1) is 19.1. The number of rotatable bonds is 5. The van der Waals surface area contributed by atoms with E-state index in [0.717, 1.165) is 27.6 Å². The van der Waals surface area contributed by atoms with Gasteiger partial charge in [0.2, 0.25) is 12.7 Å². The van der Waals surface area contributed by atoms with E-state index in [0.29, 0.717) is 30.0 Å². The summed E-state index contributed by atoms with van der Waals surface area (Å²) in [5.74, 6) is 1.38. The molecule has 6 nitrogen and oxygen atoms in total. The van der Waals surface area contributed by atoms with Crippen molar-refractivity contribution in [2.24, 2.45) is 0 Å². The van der Waals surface area contributed by atoms with Crippen LogP contribution in [-0.2, 0) is 17.9 Å². The Morgan fingerprint density at radius 1 is 1.07 bits per heavy atom. The van der Waals surface area contributed by atoms with Gasteiger partial charge in [0.05, 0.1) is 12.1 Å². The highest BCUT2D eigenvalue weighted by molar-refractivity contribution is 5.83. The van der Waals surface area contributed by atoms with Gasteiger partial charge in [0, 0.05) is 18.5 Å². The second kappa shape index (κ2) is 7.62. The molecule has 1 aliphatic heterocycles. The molecule has 1 N–H and O–H groups in total. The minimum absolute atomic E-state index is 0.0115. The van der Waals surface area contributed by atoms with E-state index in [9.17, 15) is 9.59 Å². The van der Waals surface area contributed by atoms with Crippen molar-refractivity contribution in [1.29, 1.82) is 0 Å². The van der Waals surface area contributed by atoms with Crippen molar-refractivity contribution in [1.82, 2.24) is 9.88 Å². The zero-order chi connectivity index (χ0) is 20.5. The molecule has 4 rings (SSSR count). The van der Waals surface area contributed by atoms with Gasteiger partial charge in [-0.2, -0.15) is 0 Å². The number of hydrogen-bond donors (Lipinski definition) is 1. The van der Waals surface area contributed by atoms with Crippen molar-refractivity contribution in [3.05, 3.63) is 69.0 Å². The molecule has 2 heterocycles. The van der Waals surface area contributed by atoms with Crippen molar-refractivity contribution < 1.29 is 14.3 Å². The fraction of sp³-hybridized carbons (Fsp3) is 0.304. The van der Waals surface area contributed by atoms with Crippen LogP contribution in [0.15, 0.2) is 41.2 Å². The van der Waals surface area contributed by atoms with E-state index >= 15 is 0 Å². The largest absolute Gasteiger partial charge is 0.454 e. The van der Waals surface area contributed by atoms with Crippen molar-refractivity contribution in [3.8, 4) is 11.5 Å². The molecule has 0 fully saturated rings. The lowest BCUT2D eigenvalue weighted by atomic mass is 10.0. The highest BCUT2D eigenvalue weighted by Gasteiger charge is 2.18. The molecular weight excluding hydrogens is 368 g/mol. The third-order valence-electron chi connectivity index (χ3n) is 5.20. The molecule has 29 heavy (non-hydrogen) atoms. The number of benzene rings is 2. The number of H-pyrrole nitrogens is 1. The number of carbonyl (C=O) groups excluding carboxylic acids is 1. The molecule has 3 aromatic rings. The maximum Gasteiger partial charge on any atom is 0.253 e. The number of pyridine rings is 1. The Labute approximate surface area is 169 Å². The van der Waals surface area contributed by atoms with Gasteiger partial charge in [0.1, 0.15) is 0 Å². The summed E-state index contributed by atoms with van der Waals surface area (Å²) < 4.78 is 10.8. The Balaban J connectivity index is 1.65. The van der Waals surface area contributed by atoms with Crippen molar-refractivity contribution in [3.63, 3.8) is 0 Å².